The number of aliphatic carboxylic acids is 1. The standard InChI is InChI=1S/C28H36ClF3N4O6/c1-17-22(13-26(37)38)36(16-24(17)41-10-4-9-39-2)18-11-20(28(30,31)32)27(34-14-18)42-19-5-7-35(8-6-19)23-12-25(40-3)33-15-21(23)29/h11-12,14-15,17,19,22,24H,4-10,13,16H2,1-3H3,(H,37,38). The number of rotatable bonds is 12. The Morgan fingerprint density at radius 3 is 2.52 bits per heavy atom. The van der Waals surface area contributed by atoms with Gasteiger partial charge in [-0.25, -0.2) is 9.97 Å². The van der Waals surface area contributed by atoms with Gasteiger partial charge in [-0.15, -0.1) is 0 Å². The minimum Gasteiger partial charge on any atom is -0.481 e. The predicted octanol–water partition coefficient (Wildman–Crippen LogP) is 4.93. The molecule has 4 heterocycles. The summed E-state index contributed by atoms with van der Waals surface area (Å²) < 4.78 is 64.8. The highest BCUT2D eigenvalue weighted by atomic mass is 35.5. The van der Waals surface area contributed by atoms with Crippen LogP contribution in [0.1, 0.15) is 38.2 Å². The topological polar surface area (TPSA) is 106 Å². The third kappa shape index (κ3) is 7.67. The van der Waals surface area contributed by atoms with Crippen molar-refractivity contribution < 1.29 is 42.0 Å². The van der Waals surface area contributed by atoms with Crippen molar-refractivity contribution in [3.63, 3.8) is 0 Å². The number of hydrogen-bond donors (Lipinski definition) is 1. The molecule has 14 heteroatoms. The van der Waals surface area contributed by atoms with Crippen LogP contribution in [0.5, 0.6) is 11.8 Å². The highest BCUT2D eigenvalue weighted by Crippen LogP contribution is 2.41. The predicted molar refractivity (Wildman–Crippen MR) is 150 cm³/mol. The normalized spacial score (nSPS) is 21.5. The molecule has 0 aliphatic carbocycles. The van der Waals surface area contributed by atoms with Crippen LogP contribution in [-0.4, -0.2) is 86.4 Å². The van der Waals surface area contributed by atoms with Gasteiger partial charge in [0, 0.05) is 70.8 Å². The number of ether oxygens (including phenoxy) is 4. The van der Waals surface area contributed by atoms with Crippen molar-refractivity contribution in [1.29, 1.82) is 0 Å². The Kier molecular flexibility index (Phi) is 10.6. The molecule has 2 aliphatic heterocycles. The third-order valence-corrected chi connectivity index (χ3v) is 8.02. The lowest BCUT2D eigenvalue weighted by molar-refractivity contribution is -0.140. The largest absolute Gasteiger partial charge is 0.481 e. The first-order valence-corrected chi connectivity index (χ1v) is 14.2. The van der Waals surface area contributed by atoms with Crippen molar-refractivity contribution in [2.24, 2.45) is 5.92 Å². The zero-order valence-electron chi connectivity index (χ0n) is 23.8. The van der Waals surface area contributed by atoms with Gasteiger partial charge in [-0.2, -0.15) is 13.2 Å². The molecule has 232 valence electrons. The monoisotopic (exact) mass is 616 g/mol. The van der Waals surface area contributed by atoms with E-state index in [0.717, 1.165) is 11.8 Å². The number of pyridine rings is 2. The van der Waals surface area contributed by atoms with Crippen LogP contribution in [-0.2, 0) is 20.4 Å². The molecule has 0 radical (unpaired) electrons. The number of hydrogen-bond acceptors (Lipinski definition) is 9. The van der Waals surface area contributed by atoms with E-state index in [4.69, 9.17) is 30.5 Å². The summed E-state index contributed by atoms with van der Waals surface area (Å²) in [5.41, 5.74) is -0.0976. The minimum absolute atomic E-state index is 0.173. The van der Waals surface area contributed by atoms with Crippen molar-refractivity contribution in [1.82, 2.24) is 9.97 Å². The molecule has 0 spiro atoms. The molecule has 42 heavy (non-hydrogen) atoms. The molecule has 0 aromatic carbocycles. The van der Waals surface area contributed by atoms with Gasteiger partial charge in [-0.05, 0) is 12.5 Å². The van der Waals surface area contributed by atoms with Gasteiger partial charge in [0.15, 0.2) is 0 Å². The third-order valence-electron chi connectivity index (χ3n) is 7.73. The van der Waals surface area contributed by atoms with Crippen molar-refractivity contribution >= 4 is 28.9 Å². The average Bonchev–Trinajstić information content (AvgIpc) is 3.25. The number of nitrogens with zero attached hydrogens (tertiary/aromatic N) is 4. The second-order valence-corrected chi connectivity index (χ2v) is 10.9. The molecule has 4 rings (SSSR count). The van der Waals surface area contributed by atoms with Gasteiger partial charge < -0.3 is 33.9 Å². The van der Waals surface area contributed by atoms with Crippen molar-refractivity contribution in [2.45, 2.75) is 57.0 Å². The van der Waals surface area contributed by atoms with E-state index >= 15 is 0 Å². The maximum absolute atomic E-state index is 14.3. The van der Waals surface area contributed by atoms with Gasteiger partial charge in [0.05, 0.1) is 48.4 Å². The van der Waals surface area contributed by atoms with Gasteiger partial charge in [-0.3, -0.25) is 4.79 Å². The van der Waals surface area contributed by atoms with E-state index in [-0.39, 0.29) is 30.7 Å². The summed E-state index contributed by atoms with van der Waals surface area (Å²) >= 11 is 6.31. The number of carboxylic acids is 1. The zero-order valence-corrected chi connectivity index (χ0v) is 24.5. The van der Waals surface area contributed by atoms with Crippen LogP contribution in [0.3, 0.4) is 0 Å². The minimum atomic E-state index is -4.73. The molecule has 3 atom stereocenters. The number of piperidine rings is 1. The lowest BCUT2D eigenvalue weighted by atomic mass is 9.97. The molecule has 3 unspecified atom stereocenters. The average molecular weight is 617 g/mol. The molecule has 2 aromatic heterocycles. The first-order valence-electron chi connectivity index (χ1n) is 13.8. The summed E-state index contributed by atoms with van der Waals surface area (Å²) in [6.45, 7) is 4.01. The fourth-order valence-electron chi connectivity index (χ4n) is 5.47. The van der Waals surface area contributed by atoms with E-state index in [0.29, 0.717) is 56.5 Å². The van der Waals surface area contributed by atoms with E-state index < -0.39 is 35.7 Å². The maximum Gasteiger partial charge on any atom is 0.421 e. The van der Waals surface area contributed by atoms with Gasteiger partial charge in [0.2, 0.25) is 11.8 Å². The van der Waals surface area contributed by atoms with Crippen LogP contribution in [0.2, 0.25) is 5.02 Å². The number of carbonyl (C=O) groups is 1. The number of anilines is 2. The van der Waals surface area contributed by atoms with Crippen LogP contribution >= 0.6 is 11.6 Å². The molecule has 2 aliphatic rings. The first-order chi connectivity index (χ1) is 20.0. The van der Waals surface area contributed by atoms with Gasteiger partial charge in [0.1, 0.15) is 11.7 Å². The Bertz CT molecular complexity index is 1210. The number of aromatic nitrogens is 2. The Morgan fingerprint density at radius 2 is 1.88 bits per heavy atom. The summed E-state index contributed by atoms with van der Waals surface area (Å²) in [7, 11) is 3.09. The van der Waals surface area contributed by atoms with E-state index in [1.807, 2.05) is 11.8 Å². The zero-order chi connectivity index (χ0) is 30.4. The lowest BCUT2D eigenvalue weighted by Gasteiger charge is -2.34. The second-order valence-electron chi connectivity index (χ2n) is 10.5. The fourth-order valence-corrected chi connectivity index (χ4v) is 5.70. The van der Waals surface area contributed by atoms with Crippen LogP contribution in [0.4, 0.5) is 24.5 Å². The molecule has 0 bridgehead atoms. The smallest absolute Gasteiger partial charge is 0.421 e. The molecular formula is C28H36ClF3N4O6. The van der Waals surface area contributed by atoms with Crippen molar-refractivity contribution in [2.75, 3.05) is 56.9 Å². The molecule has 2 aromatic rings. The van der Waals surface area contributed by atoms with Crippen LogP contribution < -0.4 is 19.3 Å². The van der Waals surface area contributed by atoms with Crippen LogP contribution in [0.25, 0.3) is 0 Å². The molecule has 2 fully saturated rings. The summed E-state index contributed by atoms with van der Waals surface area (Å²) in [4.78, 5) is 23.5. The molecular weight excluding hydrogens is 581 g/mol. The number of methoxy groups -OCH3 is 2. The van der Waals surface area contributed by atoms with Crippen molar-refractivity contribution in [3.8, 4) is 11.8 Å². The molecule has 2 saturated heterocycles. The fraction of sp³-hybridized carbons (Fsp3) is 0.607. The quantitative estimate of drug-likeness (QED) is 0.330. The molecule has 1 N–H and O–H groups in total. The first kappa shape index (κ1) is 31.9. The second kappa shape index (κ2) is 14.0. The highest BCUT2D eigenvalue weighted by molar-refractivity contribution is 6.33. The van der Waals surface area contributed by atoms with Crippen LogP contribution in [0.15, 0.2) is 24.5 Å². The van der Waals surface area contributed by atoms with E-state index in [1.54, 1.807) is 18.1 Å². The number of alkyl halides is 3. The summed E-state index contributed by atoms with van der Waals surface area (Å²) in [6, 6.07) is 2.15. The lowest BCUT2D eigenvalue weighted by Crippen LogP contribution is -2.39. The summed E-state index contributed by atoms with van der Waals surface area (Å²) in [5, 5.41) is 9.96. The molecule has 10 nitrogen and oxygen atoms in total. The van der Waals surface area contributed by atoms with E-state index in [2.05, 4.69) is 9.97 Å². The highest BCUT2D eigenvalue weighted by Gasteiger charge is 2.43. The number of carboxylic acid groups (broad SMARTS) is 1. The Hall–Kier alpha value is -3.03. The molecule has 0 amide bonds. The van der Waals surface area contributed by atoms with Gasteiger partial charge in [0.25, 0.3) is 0 Å². The Balaban J connectivity index is 1.49. The Labute approximate surface area is 247 Å². The summed E-state index contributed by atoms with van der Waals surface area (Å²) in [6.07, 6.45) is -1.45. The van der Waals surface area contributed by atoms with Gasteiger partial charge in [-0.1, -0.05) is 18.5 Å². The summed E-state index contributed by atoms with van der Waals surface area (Å²) in [5.74, 6) is -1.36. The van der Waals surface area contributed by atoms with Crippen LogP contribution in [0, 0.1) is 5.92 Å². The number of halogens is 4. The van der Waals surface area contributed by atoms with E-state index in [1.165, 1.54) is 19.5 Å². The maximum atomic E-state index is 14.3. The van der Waals surface area contributed by atoms with Crippen molar-refractivity contribution in [3.05, 3.63) is 35.1 Å². The SMILES string of the molecule is COCCCOC1CN(c2cnc(OC3CCN(c4cc(OC)ncc4Cl)CC3)c(C(F)(F)F)c2)C(CC(=O)O)C1C. The molecule has 0 saturated carbocycles. The van der Waals surface area contributed by atoms with Gasteiger partial charge >= 0.3 is 12.1 Å². The Morgan fingerprint density at radius 1 is 1.14 bits per heavy atom. The van der Waals surface area contributed by atoms with E-state index in [9.17, 15) is 23.1 Å².